The highest BCUT2D eigenvalue weighted by molar-refractivity contribution is 7.13. The molecule has 8 heteroatoms. The molecule has 7 nitrogen and oxygen atoms in total. The number of carbonyl (C=O) groups is 2. The number of rotatable bonds is 6. The van der Waals surface area contributed by atoms with Crippen LogP contribution in [0.4, 0.5) is 0 Å². The lowest BCUT2D eigenvalue weighted by atomic mass is 10.2. The Balaban J connectivity index is 1.47. The summed E-state index contributed by atoms with van der Waals surface area (Å²) in [5, 5.41) is 2.96. The number of carbonyl (C=O) groups excluding carboxylic acids is 2. The monoisotopic (exact) mass is 389 g/mol. The average molecular weight is 389 g/mol. The predicted molar refractivity (Wildman–Crippen MR) is 103 cm³/mol. The largest absolute Gasteiger partial charge is 0.484 e. The number of aromatic nitrogens is 1. The van der Waals surface area contributed by atoms with Gasteiger partial charge in [-0.25, -0.2) is 4.98 Å². The van der Waals surface area contributed by atoms with E-state index >= 15 is 0 Å². The Morgan fingerprint density at radius 1 is 1.26 bits per heavy atom. The van der Waals surface area contributed by atoms with Crippen LogP contribution in [0, 0.1) is 6.92 Å². The van der Waals surface area contributed by atoms with Gasteiger partial charge >= 0.3 is 0 Å². The molecule has 2 aromatic rings. The Labute approximate surface area is 162 Å². The van der Waals surface area contributed by atoms with Gasteiger partial charge in [-0.1, -0.05) is 0 Å². The first-order valence-corrected chi connectivity index (χ1v) is 9.66. The van der Waals surface area contributed by atoms with Gasteiger partial charge in [-0.2, -0.15) is 0 Å². The highest BCUT2D eigenvalue weighted by atomic mass is 32.1. The normalized spacial score (nSPS) is 14.1. The molecule has 2 amide bonds. The van der Waals surface area contributed by atoms with Crippen LogP contribution in [0.5, 0.6) is 5.75 Å². The Bertz CT molecular complexity index is 785. The Morgan fingerprint density at radius 3 is 2.59 bits per heavy atom. The van der Waals surface area contributed by atoms with E-state index in [0.717, 1.165) is 16.3 Å². The molecule has 27 heavy (non-hydrogen) atoms. The molecule has 0 aliphatic carbocycles. The van der Waals surface area contributed by atoms with E-state index in [-0.39, 0.29) is 25.0 Å². The molecule has 1 aromatic heterocycles. The fraction of sp³-hybridized carbons (Fsp3) is 0.421. The van der Waals surface area contributed by atoms with E-state index in [9.17, 15) is 9.59 Å². The molecule has 1 fully saturated rings. The van der Waals surface area contributed by atoms with Gasteiger partial charge in [0, 0.05) is 36.8 Å². The number of thiazole rings is 1. The fourth-order valence-electron chi connectivity index (χ4n) is 2.64. The summed E-state index contributed by atoms with van der Waals surface area (Å²) in [5.74, 6) is 0.293. The smallest absolute Gasteiger partial charge is 0.260 e. The summed E-state index contributed by atoms with van der Waals surface area (Å²) in [5.41, 5.74) is 2.01. The third-order valence-corrected chi connectivity index (χ3v) is 5.25. The van der Waals surface area contributed by atoms with Crippen molar-refractivity contribution in [2.24, 2.45) is 0 Å². The van der Waals surface area contributed by atoms with Crippen molar-refractivity contribution in [2.75, 3.05) is 46.5 Å². The third-order valence-electron chi connectivity index (χ3n) is 4.24. The number of amides is 2. The van der Waals surface area contributed by atoms with Crippen molar-refractivity contribution in [1.29, 1.82) is 0 Å². The third kappa shape index (κ3) is 5.27. The van der Waals surface area contributed by atoms with E-state index in [1.54, 1.807) is 23.3 Å². The van der Waals surface area contributed by atoms with Gasteiger partial charge in [0.05, 0.1) is 19.8 Å². The second-order valence-electron chi connectivity index (χ2n) is 6.35. The summed E-state index contributed by atoms with van der Waals surface area (Å²) in [4.78, 5) is 32.0. The van der Waals surface area contributed by atoms with Gasteiger partial charge in [0.25, 0.3) is 5.91 Å². The maximum absolute atomic E-state index is 12.2. The number of hydrogen-bond acceptors (Lipinski definition) is 6. The van der Waals surface area contributed by atoms with E-state index in [2.05, 4.69) is 4.98 Å². The first-order chi connectivity index (χ1) is 13.0. The molecular weight excluding hydrogens is 366 g/mol. The number of likely N-dealkylation sites (N-methyl/N-ethyl adjacent to an activating group) is 1. The Kier molecular flexibility index (Phi) is 6.41. The van der Waals surface area contributed by atoms with Crippen LogP contribution in [0.1, 0.15) is 5.69 Å². The van der Waals surface area contributed by atoms with Crippen LogP contribution in [0.15, 0.2) is 29.6 Å². The van der Waals surface area contributed by atoms with Gasteiger partial charge in [-0.3, -0.25) is 9.59 Å². The molecule has 144 valence electrons. The maximum Gasteiger partial charge on any atom is 0.260 e. The molecular formula is C19H23N3O4S. The topological polar surface area (TPSA) is 72.0 Å². The number of morpholine rings is 1. The lowest BCUT2D eigenvalue weighted by Gasteiger charge is -2.28. The molecule has 2 heterocycles. The standard InChI is InChI=1S/C19H23N3O4S/c1-14-13-27-19(20-14)15-3-5-16(6-4-15)26-12-18(24)21(2)11-17(23)22-7-9-25-10-8-22/h3-6,13H,7-12H2,1-2H3. The minimum Gasteiger partial charge on any atom is -0.484 e. The SMILES string of the molecule is Cc1csc(-c2ccc(OCC(=O)N(C)CC(=O)N3CCOCC3)cc2)n1. The molecule has 0 N–H and O–H groups in total. The summed E-state index contributed by atoms with van der Waals surface area (Å²) < 4.78 is 10.8. The van der Waals surface area contributed by atoms with Crippen LogP contribution < -0.4 is 4.74 Å². The highest BCUT2D eigenvalue weighted by Crippen LogP contribution is 2.25. The van der Waals surface area contributed by atoms with Gasteiger partial charge in [0.15, 0.2) is 6.61 Å². The van der Waals surface area contributed by atoms with Gasteiger partial charge in [-0.05, 0) is 31.2 Å². The molecule has 1 aliphatic rings. The van der Waals surface area contributed by atoms with Crippen molar-refractivity contribution < 1.29 is 19.1 Å². The van der Waals surface area contributed by atoms with Crippen molar-refractivity contribution in [2.45, 2.75) is 6.92 Å². The molecule has 0 radical (unpaired) electrons. The lowest BCUT2D eigenvalue weighted by Crippen LogP contribution is -2.46. The second kappa shape index (κ2) is 8.96. The number of aryl methyl sites for hydroxylation is 1. The summed E-state index contributed by atoms with van der Waals surface area (Å²) in [6, 6.07) is 7.48. The van der Waals surface area contributed by atoms with Crippen LogP contribution in [-0.4, -0.2) is 73.1 Å². The number of ether oxygens (including phenoxy) is 2. The van der Waals surface area contributed by atoms with E-state index in [0.29, 0.717) is 32.1 Å². The van der Waals surface area contributed by atoms with Crippen LogP contribution in [0.3, 0.4) is 0 Å². The van der Waals surface area contributed by atoms with Crippen LogP contribution in [-0.2, 0) is 14.3 Å². The molecule has 1 aromatic carbocycles. The quantitative estimate of drug-likeness (QED) is 0.754. The number of hydrogen-bond donors (Lipinski definition) is 0. The van der Waals surface area contributed by atoms with Crippen LogP contribution in [0.25, 0.3) is 10.6 Å². The Morgan fingerprint density at radius 2 is 1.96 bits per heavy atom. The number of benzene rings is 1. The van der Waals surface area contributed by atoms with Crippen molar-refractivity contribution >= 4 is 23.2 Å². The molecule has 0 saturated carbocycles. The average Bonchev–Trinajstić information content (AvgIpc) is 3.13. The molecule has 0 bridgehead atoms. The van der Waals surface area contributed by atoms with E-state index in [4.69, 9.17) is 9.47 Å². The fourth-order valence-corrected chi connectivity index (χ4v) is 3.44. The van der Waals surface area contributed by atoms with E-state index in [1.807, 2.05) is 36.6 Å². The molecule has 0 atom stereocenters. The van der Waals surface area contributed by atoms with Crippen molar-refractivity contribution in [1.82, 2.24) is 14.8 Å². The highest BCUT2D eigenvalue weighted by Gasteiger charge is 2.20. The van der Waals surface area contributed by atoms with Crippen molar-refractivity contribution in [3.63, 3.8) is 0 Å². The molecule has 0 spiro atoms. The van der Waals surface area contributed by atoms with Crippen molar-refractivity contribution in [3.8, 4) is 16.3 Å². The second-order valence-corrected chi connectivity index (χ2v) is 7.21. The van der Waals surface area contributed by atoms with Crippen LogP contribution >= 0.6 is 11.3 Å². The zero-order chi connectivity index (χ0) is 19.2. The van der Waals surface area contributed by atoms with Gasteiger partial charge in [-0.15, -0.1) is 11.3 Å². The minimum atomic E-state index is -0.240. The molecule has 3 rings (SSSR count). The summed E-state index contributed by atoms with van der Waals surface area (Å²) in [6.07, 6.45) is 0. The van der Waals surface area contributed by atoms with Gasteiger partial charge in [0.2, 0.25) is 5.91 Å². The molecule has 0 unspecified atom stereocenters. The first-order valence-electron chi connectivity index (χ1n) is 8.78. The number of nitrogens with zero attached hydrogens (tertiary/aromatic N) is 3. The predicted octanol–water partition coefficient (Wildman–Crippen LogP) is 1.81. The maximum atomic E-state index is 12.2. The van der Waals surface area contributed by atoms with Gasteiger partial charge < -0.3 is 19.3 Å². The Hall–Kier alpha value is -2.45. The summed E-state index contributed by atoms with van der Waals surface area (Å²) in [6.45, 7) is 4.13. The molecule has 1 saturated heterocycles. The zero-order valence-electron chi connectivity index (χ0n) is 15.5. The van der Waals surface area contributed by atoms with E-state index in [1.165, 1.54) is 4.90 Å². The van der Waals surface area contributed by atoms with E-state index < -0.39 is 0 Å². The lowest BCUT2D eigenvalue weighted by molar-refractivity contribution is -0.142. The summed E-state index contributed by atoms with van der Waals surface area (Å²) in [7, 11) is 1.61. The van der Waals surface area contributed by atoms with Gasteiger partial charge in [0.1, 0.15) is 10.8 Å². The first kappa shape index (κ1) is 19.3. The summed E-state index contributed by atoms with van der Waals surface area (Å²) >= 11 is 1.59. The minimum absolute atomic E-state index is 0.0462. The zero-order valence-corrected chi connectivity index (χ0v) is 16.3. The van der Waals surface area contributed by atoms with Crippen LogP contribution in [0.2, 0.25) is 0 Å². The molecule has 1 aliphatic heterocycles. The van der Waals surface area contributed by atoms with Crippen molar-refractivity contribution in [3.05, 3.63) is 35.3 Å².